The van der Waals surface area contributed by atoms with Gasteiger partial charge in [-0.1, -0.05) is 6.07 Å². The van der Waals surface area contributed by atoms with E-state index in [0.29, 0.717) is 30.3 Å². The number of rotatable bonds is 1. The van der Waals surface area contributed by atoms with E-state index in [-0.39, 0.29) is 11.9 Å². The molecule has 116 valence electrons. The summed E-state index contributed by atoms with van der Waals surface area (Å²) in [5, 5.41) is 3.28. The average molecular weight is 374 g/mol. The monoisotopic (exact) mass is 373 g/mol. The Hall–Kier alpha value is -2.28. The highest BCUT2D eigenvalue weighted by Crippen LogP contribution is 2.42. The fourth-order valence-electron chi connectivity index (χ4n) is 3.46. The maximum atomic E-state index is 12.3. The van der Waals surface area contributed by atoms with Crippen LogP contribution in [0, 0.1) is 0 Å². The standard InChI is InChI=1S/C16H12BrN3O3/c1-20-15(23)19-14(22)16(20)5-9-4-8-2-3-10(7-21)18-13(8)12(17)11(9)6-16/h2-4,7H,5-6H2,1H3,(H,19,22,23)/t16-/m1/s1. The molecule has 6 nitrogen and oxygen atoms in total. The molecule has 2 heterocycles. The third kappa shape index (κ3) is 1.80. The van der Waals surface area contributed by atoms with E-state index < -0.39 is 5.54 Å². The van der Waals surface area contributed by atoms with Crippen molar-refractivity contribution >= 4 is 45.1 Å². The van der Waals surface area contributed by atoms with Gasteiger partial charge in [0, 0.05) is 29.7 Å². The summed E-state index contributed by atoms with van der Waals surface area (Å²) in [5.41, 5.74) is 2.16. The normalized spacial score (nSPS) is 22.8. The van der Waals surface area contributed by atoms with Gasteiger partial charge in [-0.25, -0.2) is 9.78 Å². The number of likely N-dealkylation sites (N-methyl/N-ethyl adjacent to an activating group) is 1. The molecule has 23 heavy (non-hydrogen) atoms. The van der Waals surface area contributed by atoms with E-state index in [9.17, 15) is 14.4 Å². The van der Waals surface area contributed by atoms with Crippen LogP contribution in [0.3, 0.4) is 0 Å². The van der Waals surface area contributed by atoms with Crippen LogP contribution >= 0.6 is 15.9 Å². The molecule has 1 atom stereocenters. The zero-order valence-electron chi connectivity index (χ0n) is 12.2. The predicted molar refractivity (Wildman–Crippen MR) is 86.3 cm³/mol. The highest BCUT2D eigenvalue weighted by atomic mass is 79.9. The van der Waals surface area contributed by atoms with Crippen molar-refractivity contribution in [1.29, 1.82) is 0 Å². The molecule has 7 heteroatoms. The van der Waals surface area contributed by atoms with Gasteiger partial charge >= 0.3 is 6.03 Å². The number of amides is 3. The predicted octanol–water partition coefficient (Wildman–Crippen LogP) is 1.83. The van der Waals surface area contributed by atoms with Gasteiger partial charge in [0.25, 0.3) is 5.91 Å². The van der Waals surface area contributed by atoms with Gasteiger partial charge in [0.05, 0.1) is 5.52 Å². The molecule has 2 aliphatic rings. The number of carbonyl (C=O) groups excluding carboxylic acids is 3. The Bertz CT molecular complexity index is 911. The van der Waals surface area contributed by atoms with E-state index in [0.717, 1.165) is 21.0 Å². The van der Waals surface area contributed by atoms with Crippen LogP contribution in [-0.2, 0) is 17.6 Å². The second kappa shape index (κ2) is 4.61. The van der Waals surface area contributed by atoms with Crippen LogP contribution in [0.5, 0.6) is 0 Å². The van der Waals surface area contributed by atoms with Crippen molar-refractivity contribution in [3.63, 3.8) is 0 Å². The lowest BCUT2D eigenvalue weighted by molar-refractivity contribution is -0.125. The molecule has 3 amide bonds. The van der Waals surface area contributed by atoms with Crippen molar-refractivity contribution in [1.82, 2.24) is 15.2 Å². The number of aldehydes is 1. The lowest BCUT2D eigenvalue weighted by atomic mass is 9.95. The van der Waals surface area contributed by atoms with Gasteiger partial charge in [0.2, 0.25) is 0 Å². The van der Waals surface area contributed by atoms with Crippen molar-refractivity contribution in [2.75, 3.05) is 7.05 Å². The zero-order valence-corrected chi connectivity index (χ0v) is 13.8. The van der Waals surface area contributed by atoms with Crippen molar-refractivity contribution in [3.8, 4) is 0 Å². The molecule has 0 radical (unpaired) electrons. The smallest absolute Gasteiger partial charge is 0.312 e. The number of halogens is 1. The molecule has 4 rings (SSSR count). The number of carbonyl (C=O) groups is 3. The molecule has 1 aromatic heterocycles. The number of hydrogen-bond donors (Lipinski definition) is 1. The fourth-order valence-corrected chi connectivity index (χ4v) is 4.17. The molecule has 0 saturated carbocycles. The number of hydrogen-bond acceptors (Lipinski definition) is 4. The van der Waals surface area contributed by atoms with Crippen LogP contribution in [0.4, 0.5) is 4.79 Å². The van der Waals surface area contributed by atoms with E-state index >= 15 is 0 Å². The number of nitrogens with one attached hydrogen (secondary N) is 1. The highest BCUT2D eigenvalue weighted by molar-refractivity contribution is 9.10. The van der Waals surface area contributed by atoms with Crippen LogP contribution in [0.2, 0.25) is 0 Å². The summed E-state index contributed by atoms with van der Waals surface area (Å²) in [5.74, 6) is -0.265. The average Bonchev–Trinajstić information content (AvgIpc) is 3.03. The van der Waals surface area contributed by atoms with Crippen LogP contribution in [-0.4, -0.2) is 40.7 Å². The van der Waals surface area contributed by atoms with E-state index in [1.54, 1.807) is 13.1 Å². The Labute approximate surface area is 140 Å². The van der Waals surface area contributed by atoms with Gasteiger partial charge in [0.15, 0.2) is 6.29 Å². The Morgan fingerprint density at radius 2 is 2.13 bits per heavy atom. The summed E-state index contributed by atoms with van der Waals surface area (Å²) in [6, 6.07) is 5.11. The van der Waals surface area contributed by atoms with Crippen LogP contribution < -0.4 is 5.32 Å². The molecule has 1 N–H and O–H groups in total. The summed E-state index contributed by atoms with van der Waals surface area (Å²) in [4.78, 5) is 40.9. The minimum absolute atomic E-state index is 0.265. The van der Waals surface area contributed by atoms with Gasteiger partial charge in [0.1, 0.15) is 11.2 Å². The largest absolute Gasteiger partial charge is 0.324 e. The Balaban J connectivity index is 1.90. The van der Waals surface area contributed by atoms with Crippen molar-refractivity contribution in [3.05, 3.63) is 39.5 Å². The van der Waals surface area contributed by atoms with Crippen LogP contribution in [0.25, 0.3) is 10.9 Å². The highest BCUT2D eigenvalue weighted by Gasteiger charge is 2.54. The van der Waals surface area contributed by atoms with E-state index in [1.165, 1.54) is 4.90 Å². The Morgan fingerprint density at radius 1 is 1.35 bits per heavy atom. The molecule has 0 bridgehead atoms. The SMILES string of the molecule is CN1C(=O)NC(=O)[C@]12Cc1cc3ccc(C=O)nc3c(Br)c1C2. The zero-order chi connectivity index (χ0) is 16.4. The first kappa shape index (κ1) is 14.3. The number of nitrogens with zero attached hydrogens (tertiary/aromatic N) is 2. The molecule has 1 fully saturated rings. The molecular weight excluding hydrogens is 362 g/mol. The second-order valence-corrected chi connectivity index (χ2v) is 6.75. The third-order valence-electron chi connectivity index (χ3n) is 4.80. The molecule has 0 unspecified atom stereocenters. The van der Waals surface area contributed by atoms with Gasteiger partial charge < -0.3 is 4.90 Å². The minimum Gasteiger partial charge on any atom is -0.312 e. The molecule has 1 spiro atoms. The first-order valence-corrected chi connectivity index (χ1v) is 7.91. The maximum Gasteiger partial charge on any atom is 0.324 e. The minimum atomic E-state index is -0.868. The van der Waals surface area contributed by atoms with E-state index in [1.807, 2.05) is 12.1 Å². The maximum absolute atomic E-state index is 12.3. The molecule has 1 saturated heterocycles. The first-order chi connectivity index (χ1) is 11.0. The van der Waals surface area contributed by atoms with Gasteiger partial charge in [-0.3, -0.25) is 14.9 Å². The number of aromatic nitrogens is 1. The lowest BCUT2D eigenvalue weighted by Gasteiger charge is -2.27. The summed E-state index contributed by atoms with van der Waals surface area (Å²) in [6.45, 7) is 0. The van der Waals surface area contributed by atoms with Crippen molar-refractivity contribution < 1.29 is 14.4 Å². The lowest BCUT2D eigenvalue weighted by Crippen LogP contribution is -2.48. The summed E-state index contributed by atoms with van der Waals surface area (Å²) in [6.07, 6.45) is 1.61. The molecular formula is C16H12BrN3O3. The Kier molecular flexibility index (Phi) is 2.87. The van der Waals surface area contributed by atoms with Crippen LogP contribution in [0.15, 0.2) is 22.7 Å². The molecule has 1 aliphatic carbocycles. The van der Waals surface area contributed by atoms with Crippen molar-refractivity contribution in [2.24, 2.45) is 0 Å². The third-order valence-corrected chi connectivity index (χ3v) is 5.66. The first-order valence-electron chi connectivity index (χ1n) is 7.12. The van der Waals surface area contributed by atoms with Gasteiger partial charge in [-0.2, -0.15) is 0 Å². The number of pyridine rings is 1. The quantitative estimate of drug-likeness (QED) is 0.610. The van der Waals surface area contributed by atoms with Gasteiger partial charge in [-0.15, -0.1) is 0 Å². The van der Waals surface area contributed by atoms with Gasteiger partial charge in [-0.05, 0) is 39.2 Å². The van der Waals surface area contributed by atoms with E-state index in [2.05, 4.69) is 26.2 Å². The second-order valence-electron chi connectivity index (χ2n) is 5.96. The fraction of sp³-hybridized carbons (Fsp3) is 0.250. The van der Waals surface area contributed by atoms with Crippen molar-refractivity contribution in [2.45, 2.75) is 18.4 Å². The van der Waals surface area contributed by atoms with Crippen LogP contribution in [0.1, 0.15) is 21.6 Å². The number of imide groups is 1. The molecule has 1 aliphatic heterocycles. The summed E-state index contributed by atoms with van der Waals surface area (Å²) in [7, 11) is 1.64. The number of benzene rings is 1. The summed E-state index contributed by atoms with van der Waals surface area (Å²) < 4.78 is 0.783. The molecule has 2 aromatic rings. The summed E-state index contributed by atoms with van der Waals surface area (Å²) >= 11 is 3.57. The topological polar surface area (TPSA) is 79.4 Å². The molecule has 1 aromatic carbocycles. The van der Waals surface area contributed by atoms with E-state index in [4.69, 9.17) is 0 Å². The Morgan fingerprint density at radius 3 is 2.78 bits per heavy atom. The number of urea groups is 1. The number of fused-ring (bicyclic) bond motifs is 2.